The Morgan fingerprint density at radius 1 is 1.33 bits per heavy atom. The van der Waals surface area contributed by atoms with E-state index in [9.17, 15) is 4.39 Å². The van der Waals surface area contributed by atoms with Gasteiger partial charge in [0.25, 0.3) is 6.86 Å². The quantitative estimate of drug-likeness (QED) is 0.506. The van der Waals surface area contributed by atoms with Gasteiger partial charge in [-0.2, -0.15) is 0 Å². The lowest BCUT2D eigenvalue weighted by Gasteiger charge is -1.96. The molecule has 0 saturated heterocycles. The molecule has 0 bridgehead atoms. The fraction of sp³-hybridized carbons (Fsp3) is 0.857. The highest BCUT2D eigenvalue weighted by molar-refractivity contribution is 4.38. The fourth-order valence-corrected chi connectivity index (χ4v) is 0.657. The van der Waals surface area contributed by atoms with E-state index < -0.39 is 0 Å². The van der Waals surface area contributed by atoms with Gasteiger partial charge < -0.3 is 4.74 Å². The van der Waals surface area contributed by atoms with Gasteiger partial charge in [-0.05, 0) is 6.42 Å². The van der Waals surface area contributed by atoms with Gasteiger partial charge in [-0.15, -0.1) is 0 Å². The van der Waals surface area contributed by atoms with Crippen LogP contribution in [0.3, 0.4) is 0 Å². The summed E-state index contributed by atoms with van der Waals surface area (Å²) >= 11 is 0. The van der Waals surface area contributed by atoms with E-state index in [1.807, 2.05) is 0 Å². The summed E-state index contributed by atoms with van der Waals surface area (Å²) in [5, 5.41) is 0. The van der Waals surface area contributed by atoms with E-state index in [1.165, 1.54) is 12.8 Å². The van der Waals surface area contributed by atoms with Crippen LogP contribution in [0.2, 0.25) is 0 Å². The number of unbranched alkanes of at least 4 members (excludes halogenated alkanes) is 3. The third-order valence-corrected chi connectivity index (χ3v) is 1.18. The summed E-state index contributed by atoms with van der Waals surface area (Å²) in [6.45, 7) is 2.92. The summed E-state index contributed by atoms with van der Waals surface area (Å²) in [6.07, 6.45) is 4.54. The molecule has 0 aliphatic rings. The molecule has 2 heteroatoms. The third-order valence-electron chi connectivity index (χ3n) is 1.18. The van der Waals surface area contributed by atoms with Crippen LogP contribution in [-0.4, -0.2) is 6.61 Å². The predicted molar refractivity (Wildman–Crippen MR) is 35.5 cm³/mol. The van der Waals surface area contributed by atoms with E-state index in [2.05, 4.69) is 11.7 Å². The van der Waals surface area contributed by atoms with Crippen LogP contribution in [0, 0.1) is 6.86 Å². The minimum atomic E-state index is 0.256. The van der Waals surface area contributed by atoms with Gasteiger partial charge >= 0.3 is 0 Å². The summed E-state index contributed by atoms with van der Waals surface area (Å²) in [6, 6.07) is 0. The summed E-state index contributed by atoms with van der Waals surface area (Å²) in [5.41, 5.74) is 0. The molecule has 0 heterocycles. The molecule has 0 aromatic heterocycles. The van der Waals surface area contributed by atoms with Gasteiger partial charge in [0.15, 0.2) is 0 Å². The van der Waals surface area contributed by atoms with Crippen LogP contribution in [0.15, 0.2) is 0 Å². The SMILES string of the molecule is CCCCCCO[CH]F. The lowest BCUT2D eigenvalue weighted by atomic mass is 10.2. The first-order valence-electron chi connectivity index (χ1n) is 3.45. The molecule has 0 aromatic carbocycles. The normalized spacial score (nSPS) is 10.0. The maximum absolute atomic E-state index is 11.2. The van der Waals surface area contributed by atoms with Gasteiger partial charge in [0.1, 0.15) is 0 Å². The van der Waals surface area contributed by atoms with Crippen LogP contribution in [0.5, 0.6) is 0 Å². The van der Waals surface area contributed by atoms with E-state index in [0.29, 0.717) is 6.61 Å². The molecular weight excluding hydrogens is 119 g/mol. The van der Waals surface area contributed by atoms with Crippen LogP contribution in [0.25, 0.3) is 0 Å². The smallest absolute Gasteiger partial charge is 0.255 e. The predicted octanol–water partition coefficient (Wildman–Crippen LogP) is 2.67. The average molecular weight is 133 g/mol. The molecule has 55 valence electrons. The van der Waals surface area contributed by atoms with E-state index in [4.69, 9.17) is 0 Å². The largest absolute Gasteiger partial charge is 0.344 e. The number of ether oxygens (including phenoxy) is 1. The van der Waals surface area contributed by atoms with Crippen LogP contribution in [-0.2, 0) is 4.74 Å². The summed E-state index contributed by atoms with van der Waals surface area (Å²) in [7, 11) is 0. The Kier molecular flexibility index (Phi) is 7.79. The molecule has 1 radical (unpaired) electrons. The maximum atomic E-state index is 11.2. The molecule has 0 aliphatic heterocycles. The van der Waals surface area contributed by atoms with Crippen molar-refractivity contribution in [1.82, 2.24) is 0 Å². The molecule has 0 amide bonds. The molecule has 0 saturated carbocycles. The van der Waals surface area contributed by atoms with Crippen molar-refractivity contribution in [2.45, 2.75) is 32.6 Å². The number of halogens is 1. The fourth-order valence-electron chi connectivity index (χ4n) is 0.657. The van der Waals surface area contributed by atoms with E-state index in [1.54, 1.807) is 0 Å². The highest BCUT2D eigenvalue weighted by Gasteiger charge is 1.86. The van der Waals surface area contributed by atoms with Crippen molar-refractivity contribution in [3.63, 3.8) is 0 Å². The van der Waals surface area contributed by atoms with E-state index in [-0.39, 0.29) is 6.86 Å². The molecule has 9 heavy (non-hydrogen) atoms. The number of hydrogen-bond donors (Lipinski definition) is 0. The molecule has 0 atom stereocenters. The molecule has 0 aliphatic carbocycles. The molecule has 0 fully saturated rings. The third kappa shape index (κ3) is 7.89. The van der Waals surface area contributed by atoms with Crippen LogP contribution >= 0.6 is 0 Å². The molecule has 0 rings (SSSR count). The summed E-state index contributed by atoms with van der Waals surface area (Å²) in [5.74, 6) is 0. The standard InChI is InChI=1S/C7H14FO/c1-2-3-4-5-6-9-7-8/h7H,2-6H2,1H3. The average Bonchev–Trinajstić information content (AvgIpc) is 1.89. The first-order chi connectivity index (χ1) is 4.41. The second kappa shape index (κ2) is 7.89. The zero-order valence-electron chi connectivity index (χ0n) is 5.90. The highest BCUT2D eigenvalue weighted by Crippen LogP contribution is 1.99. The highest BCUT2D eigenvalue weighted by atomic mass is 19.1. The van der Waals surface area contributed by atoms with Crippen molar-refractivity contribution in [3.8, 4) is 0 Å². The summed E-state index contributed by atoms with van der Waals surface area (Å²) in [4.78, 5) is 0. The Hall–Kier alpha value is -0.110. The Morgan fingerprint density at radius 3 is 2.67 bits per heavy atom. The van der Waals surface area contributed by atoms with E-state index >= 15 is 0 Å². The minimum absolute atomic E-state index is 0.256. The van der Waals surface area contributed by atoms with Gasteiger partial charge in [0.2, 0.25) is 0 Å². The minimum Gasteiger partial charge on any atom is -0.344 e. The van der Waals surface area contributed by atoms with Crippen molar-refractivity contribution >= 4 is 0 Å². The van der Waals surface area contributed by atoms with Gasteiger partial charge in [-0.25, -0.2) is 4.39 Å². The van der Waals surface area contributed by atoms with Crippen LogP contribution < -0.4 is 0 Å². The van der Waals surface area contributed by atoms with Gasteiger partial charge in [-0.1, -0.05) is 26.2 Å². The van der Waals surface area contributed by atoms with Gasteiger partial charge in [0, 0.05) is 0 Å². The number of rotatable bonds is 6. The van der Waals surface area contributed by atoms with Crippen molar-refractivity contribution in [3.05, 3.63) is 6.86 Å². The Morgan fingerprint density at radius 2 is 2.11 bits per heavy atom. The Labute approximate surface area is 56.2 Å². The first-order valence-corrected chi connectivity index (χ1v) is 3.45. The van der Waals surface area contributed by atoms with Gasteiger partial charge in [0.05, 0.1) is 6.61 Å². The van der Waals surface area contributed by atoms with Crippen molar-refractivity contribution in [2.24, 2.45) is 0 Å². The van der Waals surface area contributed by atoms with Crippen molar-refractivity contribution < 1.29 is 9.13 Å². The molecule has 1 nitrogen and oxygen atoms in total. The monoisotopic (exact) mass is 133 g/mol. The lowest BCUT2D eigenvalue weighted by molar-refractivity contribution is 0.128. The lowest BCUT2D eigenvalue weighted by Crippen LogP contribution is -1.88. The van der Waals surface area contributed by atoms with E-state index in [0.717, 1.165) is 12.8 Å². The maximum Gasteiger partial charge on any atom is 0.255 e. The molecule has 0 N–H and O–H groups in total. The molecule has 0 unspecified atom stereocenters. The van der Waals surface area contributed by atoms with Crippen molar-refractivity contribution in [1.29, 1.82) is 0 Å². The molecule has 0 aromatic rings. The van der Waals surface area contributed by atoms with Crippen molar-refractivity contribution in [2.75, 3.05) is 6.61 Å². The second-order valence-electron chi connectivity index (χ2n) is 2.02. The Bertz CT molecular complexity index is 42.2. The van der Waals surface area contributed by atoms with Crippen LogP contribution in [0.4, 0.5) is 4.39 Å². The van der Waals surface area contributed by atoms with Gasteiger partial charge in [-0.3, -0.25) is 0 Å². The topological polar surface area (TPSA) is 9.23 Å². The molecular formula is C7H14FO. The van der Waals surface area contributed by atoms with Crippen LogP contribution in [0.1, 0.15) is 32.6 Å². The Balaban J connectivity index is 2.60. The zero-order chi connectivity index (χ0) is 6.95. The second-order valence-corrected chi connectivity index (χ2v) is 2.02. The first kappa shape index (κ1) is 8.89. The molecule has 0 spiro atoms. The summed E-state index contributed by atoms with van der Waals surface area (Å²) < 4.78 is 15.5. The zero-order valence-corrected chi connectivity index (χ0v) is 5.90. The number of hydrogen-bond acceptors (Lipinski definition) is 1.